The van der Waals surface area contributed by atoms with E-state index < -0.39 is 0 Å². The van der Waals surface area contributed by atoms with Gasteiger partial charge in [-0.2, -0.15) is 0 Å². The molecule has 0 bridgehead atoms. The molecular weight excluding hydrogens is 255 g/mol. The molecule has 0 amide bonds. The predicted molar refractivity (Wildman–Crippen MR) is 54.9 cm³/mol. The molecule has 0 saturated heterocycles. The maximum Gasteiger partial charge on any atom is 0.158 e. The lowest BCUT2D eigenvalue weighted by Crippen LogP contribution is -2.04. The molecular formula is C8H10BrClN2O. The first-order valence-electron chi connectivity index (χ1n) is 3.78. The average Bonchev–Trinajstić information content (AvgIpc) is 2.12. The van der Waals surface area contributed by atoms with Gasteiger partial charge in [0.05, 0.1) is 10.2 Å². The van der Waals surface area contributed by atoms with Crippen LogP contribution in [0.15, 0.2) is 4.47 Å². The van der Waals surface area contributed by atoms with Gasteiger partial charge in [-0.15, -0.1) is 0 Å². The second-order valence-electron chi connectivity index (χ2n) is 2.65. The fourth-order valence-corrected chi connectivity index (χ4v) is 1.23. The smallest absolute Gasteiger partial charge is 0.158 e. The molecule has 13 heavy (non-hydrogen) atoms. The number of hydrogen-bond acceptors (Lipinski definition) is 3. The lowest BCUT2D eigenvalue weighted by molar-refractivity contribution is 0.112. The molecule has 0 spiro atoms. The zero-order valence-electron chi connectivity index (χ0n) is 7.64. The Balaban J connectivity index is 3.13. The van der Waals surface area contributed by atoms with Crippen LogP contribution in [0.2, 0.25) is 5.15 Å². The fraction of sp³-hybridized carbons (Fsp3) is 0.500. The van der Waals surface area contributed by atoms with Crippen LogP contribution in [0.25, 0.3) is 0 Å². The summed E-state index contributed by atoms with van der Waals surface area (Å²) in [5.41, 5.74) is 0.818. The van der Waals surface area contributed by atoms with E-state index in [0.717, 1.165) is 10.2 Å². The summed E-state index contributed by atoms with van der Waals surface area (Å²) in [6.45, 7) is 3.74. The maximum absolute atomic E-state index is 5.87. The summed E-state index contributed by atoms with van der Waals surface area (Å²) in [5, 5.41) is 0.423. The third-order valence-corrected chi connectivity index (χ3v) is 3.16. The summed E-state index contributed by atoms with van der Waals surface area (Å²) in [4.78, 5) is 8.32. The van der Waals surface area contributed by atoms with Crippen molar-refractivity contribution in [3.63, 3.8) is 0 Å². The average molecular weight is 266 g/mol. The topological polar surface area (TPSA) is 35.0 Å². The van der Waals surface area contributed by atoms with Crippen LogP contribution < -0.4 is 0 Å². The quantitative estimate of drug-likeness (QED) is 0.771. The monoisotopic (exact) mass is 264 g/mol. The lowest BCUT2D eigenvalue weighted by atomic mass is 10.3. The Bertz CT molecular complexity index is 296. The number of methoxy groups -OCH3 is 1. The summed E-state index contributed by atoms with van der Waals surface area (Å²) >= 11 is 9.15. The summed E-state index contributed by atoms with van der Waals surface area (Å²) in [6.07, 6.45) is -0.135. The summed E-state index contributed by atoms with van der Waals surface area (Å²) < 4.78 is 5.82. The number of nitrogens with zero attached hydrogens (tertiary/aromatic N) is 2. The Labute approximate surface area is 90.6 Å². The molecule has 0 aromatic carbocycles. The number of rotatable bonds is 2. The van der Waals surface area contributed by atoms with Crippen LogP contribution in [0.3, 0.4) is 0 Å². The van der Waals surface area contributed by atoms with E-state index in [1.807, 2.05) is 13.8 Å². The minimum absolute atomic E-state index is 0.135. The maximum atomic E-state index is 5.87. The molecule has 1 heterocycles. The molecule has 0 saturated carbocycles. The number of ether oxygens (including phenoxy) is 1. The van der Waals surface area contributed by atoms with Crippen molar-refractivity contribution in [1.82, 2.24) is 9.97 Å². The van der Waals surface area contributed by atoms with Gasteiger partial charge in [0.1, 0.15) is 11.3 Å². The van der Waals surface area contributed by atoms with Gasteiger partial charge in [-0.05, 0) is 29.8 Å². The van der Waals surface area contributed by atoms with Crippen molar-refractivity contribution < 1.29 is 4.74 Å². The first-order chi connectivity index (χ1) is 6.06. The van der Waals surface area contributed by atoms with Crippen molar-refractivity contribution >= 4 is 27.5 Å². The van der Waals surface area contributed by atoms with Crippen LogP contribution in [0.5, 0.6) is 0 Å². The number of aromatic nitrogens is 2. The van der Waals surface area contributed by atoms with Gasteiger partial charge in [-0.1, -0.05) is 11.6 Å². The Kier molecular flexibility index (Phi) is 3.64. The SMILES string of the molecule is COC(C)c1nc(C)c(Br)c(Cl)n1. The third kappa shape index (κ3) is 2.39. The molecule has 0 radical (unpaired) electrons. The van der Waals surface area contributed by atoms with Crippen LogP contribution in [0.4, 0.5) is 0 Å². The third-order valence-electron chi connectivity index (χ3n) is 1.71. The van der Waals surface area contributed by atoms with E-state index in [2.05, 4.69) is 25.9 Å². The summed E-state index contributed by atoms with van der Waals surface area (Å²) in [7, 11) is 1.61. The highest BCUT2D eigenvalue weighted by atomic mass is 79.9. The highest BCUT2D eigenvalue weighted by molar-refractivity contribution is 9.10. The van der Waals surface area contributed by atoms with Gasteiger partial charge in [0.2, 0.25) is 0 Å². The molecule has 3 nitrogen and oxygen atoms in total. The number of hydrogen-bond donors (Lipinski definition) is 0. The van der Waals surface area contributed by atoms with Gasteiger partial charge in [0.15, 0.2) is 5.82 Å². The van der Waals surface area contributed by atoms with Gasteiger partial charge in [0, 0.05) is 7.11 Å². The second kappa shape index (κ2) is 4.35. The van der Waals surface area contributed by atoms with Gasteiger partial charge in [0.25, 0.3) is 0 Å². The van der Waals surface area contributed by atoms with Gasteiger partial charge < -0.3 is 4.74 Å². The van der Waals surface area contributed by atoms with Crippen molar-refractivity contribution in [2.75, 3.05) is 7.11 Å². The van der Waals surface area contributed by atoms with Crippen molar-refractivity contribution in [1.29, 1.82) is 0 Å². The minimum atomic E-state index is -0.135. The molecule has 0 aliphatic rings. The van der Waals surface area contributed by atoms with Gasteiger partial charge in [-0.25, -0.2) is 9.97 Å². The largest absolute Gasteiger partial charge is 0.374 e. The summed E-state index contributed by atoms with van der Waals surface area (Å²) in [6, 6.07) is 0. The van der Waals surface area contributed by atoms with Gasteiger partial charge in [-0.3, -0.25) is 0 Å². The Hall–Kier alpha value is -0.190. The van der Waals surface area contributed by atoms with E-state index in [1.54, 1.807) is 7.11 Å². The van der Waals surface area contributed by atoms with E-state index in [1.165, 1.54) is 0 Å². The normalized spacial score (nSPS) is 13.0. The summed E-state index contributed by atoms with van der Waals surface area (Å²) in [5.74, 6) is 0.605. The van der Waals surface area contributed by atoms with Crippen LogP contribution in [0.1, 0.15) is 24.5 Å². The van der Waals surface area contributed by atoms with Crippen LogP contribution in [-0.4, -0.2) is 17.1 Å². The van der Waals surface area contributed by atoms with Gasteiger partial charge >= 0.3 is 0 Å². The predicted octanol–water partition coefficient (Wildman–Crippen LogP) is 2.91. The first-order valence-corrected chi connectivity index (χ1v) is 4.95. The van der Waals surface area contributed by atoms with E-state index in [0.29, 0.717) is 11.0 Å². The lowest BCUT2D eigenvalue weighted by Gasteiger charge is -2.09. The van der Waals surface area contributed by atoms with Crippen molar-refractivity contribution in [3.05, 3.63) is 21.1 Å². The Morgan fingerprint density at radius 2 is 2.08 bits per heavy atom. The zero-order chi connectivity index (χ0) is 10.0. The molecule has 1 atom stereocenters. The zero-order valence-corrected chi connectivity index (χ0v) is 9.98. The molecule has 1 rings (SSSR count). The molecule has 1 unspecified atom stereocenters. The van der Waals surface area contributed by atoms with Crippen molar-refractivity contribution in [2.45, 2.75) is 20.0 Å². The fourth-order valence-electron chi connectivity index (χ4n) is 0.832. The van der Waals surface area contributed by atoms with Crippen molar-refractivity contribution in [2.24, 2.45) is 0 Å². The van der Waals surface area contributed by atoms with E-state index in [-0.39, 0.29) is 6.10 Å². The van der Waals surface area contributed by atoms with Crippen LogP contribution in [0, 0.1) is 6.92 Å². The second-order valence-corrected chi connectivity index (χ2v) is 3.80. The molecule has 5 heteroatoms. The molecule has 0 fully saturated rings. The molecule has 1 aromatic rings. The van der Waals surface area contributed by atoms with E-state index >= 15 is 0 Å². The Morgan fingerprint density at radius 1 is 1.46 bits per heavy atom. The highest BCUT2D eigenvalue weighted by Crippen LogP contribution is 2.24. The molecule has 0 aliphatic carbocycles. The first kappa shape index (κ1) is 10.9. The number of aryl methyl sites for hydroxylation is 1. The molecule has 1 aromatic heterocycles. The van der Waals surface area contributed by atoms with Crippen LogP contribution >= 0.6 is 27.5 Å². The highest BCUT2D eigenvalue weighted by Gasteiger charge is 2.12. The minimum Gasteiger partial charge on any atom is -0.374 e. The molecule has 0 aliphatic heterocycles. The van der Waals surface area contributed by atoms with E-state index in [4.69, 9.17) is 16.3 Å². The Morgan fingerprint density at radius 3 is 2.54 bits per heavy atom. The van der Waals surface area contributed by atoms with Crippen LogP contribution in [-0.2, 0) is 4.74 Å². The standard InChI is InChI=1S/C8H10BrClN2O/c1-4-6(9)7(10)12-8(11-4)5(2)13-3/h5H,1-3H3. The molecule has 0 N–H and O–H groups in total. The van der Waals surface area contributed by atoms with E-state index in [9.17, 15) is 0 Å². The molecule has 72 valence electrons. The van der Waals surface area contributed by atoms with Crippen molar-refractivity contribution in [3.8, 4) is 0 Å². The number of halogens is 2.